The number of nitrogens with zero attached hydrogens (tertiary/aromatic N) is 4. The van der Waals surface area contributed by atoms with Crippen molar-refractivity contribution >= 4 is 5.96 Å². The molecule has 0 aliphatic heterocycles. The molecule has 0 fully saturated rings. The number of nitrogens with one attached hydrogen (secondary N) is 2. The Morgan fingerprint density at radius 1 is 1.14 bits per heavy atom. The Kier molecular flexibility index (Phi) is 9.55. The van der Waals surface area contributed by atoms with E-state index < -0.39 is 0 Å². The van der Waals surface area contributed by atoms with Crippen LogP contribution in [0.1, 0.15) is 36.7 Å². The fourth-order valence-corrected chi connectivity index (χ4v) is 3.18. The van der Waals surface area contributed by atoms with E-state index in [9.17, 15) is 0 Å². The van der Waals surface area contributed by atoms with Crippen molar-refractivity contribution in [2.75, 3.05) is 33.2 Å². The number of aliphatic imine (C=N–C) groups is 1. The first-order chi connectivity index (χ1) is 13.6. The molecule has 0 radical (unpaired) electrons. The van der Waals surface area contributed by atoms with Gasteiger partial charge in [0.25, 0.3) is 0 Å². The summed E-state index contributed by atoms with van der Waals surface area (Å²) in [6.07, 6.45) is 2.07. The highest BCUT2D eigenvalue weighted by Crippen LogP contribution is 2.03. The van der Waals surface area contributed by atoms with Gasteiger partial charge in [-0.3, -0.25) is 9.67 Å². The van der Waals surface area contributed by atoms with Gasteiger partial charge in [0.05, 0.1) is 5.69 Å². The van der Waals surface area contributed by atoms with E-state index >= 15 is 0 Å². The first-order valence-electron chi connectivity index (χ1n) is 10.3. The van der Waals surface area contributed by atoms with Crippen molar-refractivity contribution in [2.45, 2.75) is 46.7 Å². The van der Waals surface area contributed by atoms with Crippen LogP contribution in [0.15, 0.2) is 41.4 Å². The van der Waals surface area contributed by atoms with E-state index in [1.165, 1.54) is 11.3 Å². The quantitative estimate of drug-likeness (QED) is 0.355. The smallest absolute Gasteiger partial charge is 0.191 e. The molecule has 0 spiro atoms. The highest BCUT2D eigenvalue weighted by Gasteiger charge is 2.02. The van der Waals surface area contributed by atoms with Crippen LogP contribution in [0, 0.1) is 13.8 Å². The van der Waals surface area contributed by atoms with Crippen LogP contribution in [0.25, 0.3) is 0 Å². The molecule has 6 nitrogen and oxygen atoms in total. The van der Waals surface area contributed by atoms with Crippen molar-refractivity contribution in [1.29, 1.82) is 0 Å². The van der Waals surface area contributed by atoms with Gasteiger partial charge in [0, 0.05) is 38.4 Å². The zero-order chi connectivity index (χ0) is 20.2. The van der Waals surface area contributed by atoms with E-state index in [1.807, 2.05) is 6.92 Å². The third-order valence-corrected chi connectivity index (χ3v) is 4.55. The molecule has 1 heterocycles. The molecular formula is C22H36N6. The Morgan fingerprint density at radius 2 is 1.93 bits per heavy atom. The SMILES string of the molecule is CCNC(=NCCCn1nc(C)cc1C)NCCCN(C)Cc1ccccc1. The summed E-state index contributed by atoms with van der Waals surface area (Å²) in [5, 5.41) is 11.3. The average molecular weight is 385 g/mol. The summed E-state index contributed by atoms with van der Waals surface area (Å²) >= 11 is 0. The molecule has 2 rings (SSSR count). The summed E-state index contributed by atoms with van der Waals surface area (Å²) < 4.78 is 2.06. The van der Waals surface area contributed by atoms with Crippen molar-refractivity contribution in [3.8, 4) is 0 Å². The minimum Gasteiger partial charge on any atom is -0.357 e. The maximum absolute atomic E-state index is 4.69. The fourth-order valence-electron chi connectivity index (χ4n) is 3.18. The zero-order valence-corrected chi connectivity index (χ0v) is 17.9. The molecule has 154 valence electrons. The van der Waals surface area contributed by atoms with Gasteiger partial charge in [-0.25, -0.2) is 0 Å². The number of guanidine groups is 1. The van der Waals surface area contributed by atoms with Crippen LogP contribution in [-0.2, 0) is 13.1 Å². The lowest BCUT2D eigenvalue weighted by molar-refractivity contribution is 0.322. The van der Waals surface area contributed by atoms with E-state index in [1.54, 1.807) is 0 Å². The molecule has 0 bridgehead atoms. The molecule has 1 aromatic carbocycles. The molecule has 6 heteroatoms. The van der Waals surface area contributed by atoms with Crippen molar-refractivity contribution in [1.82, 2.24) is 25.3 Å². The normalized spacial score (nSPS) is 11.8. The maximum atomic E-state index is 4.69. The topological polar surface area (TPSA) is 57.5 Å². The lowest BCUT2D eigenvalue weighted by Gasteiger charge is -2.17. The van der Waals surface area contributed by atoms with Crippen molar-refractivity contribution < 1.29 is 0 Å². The monoisotopic (exact) mass is 384 g/mol. The largest absolute Gasteiger partial charge is 0.357 e. The number of hydrogen-bond donors (Lipinski definition) is 2. The molecule has 0 saturated carbocycles. The Labute approximate surface area is 170 Å². The highest BCUT2D eigenvalue weighted by molar-refractivity contribution is 5.79. The van der Waals surface area contributed by atoms with Gasteiger partial charge < -0.3 is 15.5 Å². The van der Waals surface area contributed by atoms with Crippen LogP contribution in [0.2, 0.25) is 0 Å². The van der Waals surface area contributed by atoms with Crippen molar-refractivity contribution in [3.05, 3.63) is 53.3 Å². The van der Waals surface area contributed by atoms with E-state index in [0.29, 0.717) is 0 Å². The second-order valence-corrected chi connectivity index (χ2v) is 7.27. The van der Waals surface area contributed by atoms with Gasteiger partial charge >= 0.3 is 0 Å². The summed E-state index contributed by atoms with van der Waals surface area (Å²) in [6, 6.07) is 12.7. The van der Waals surface area contributed by atoms with Gasteiger partial charge in [0.1, 0.15) is 0 Å². The zero-order valence-electron chi connectivity index (χ0n) is 17.9. The second kappa shape index (κ2) is 12.2. The number of rotatable bonds is 11. The molecule has 0 saturated heterocycles. The van der Waals surface area contributed by atoms with Crippen molar-refractivity contribution in [2.24, 2.45) is 4.99 Å². The maximum Gasteiger partial charge on any atom is 0.191 e. The lowest BCUT2D eigenvalue weighted by atomic mass is 10.2. The first-order valence-corrected chi connectivity index (χ1v) is 10.3. The molecule has 0 atom stereocenters. The van der Waals surface area contributed by atoms with Crippen LogP contribution in [0.5, 0.6) is 0 Å². The number of benzene rings is 1. The predicted octanol–water partition coefficient (Wildman–Crippen LogP) is 2.97. The number of hydrogen-bond acceptors (Lipinski definition) is 3. The van der Waals surface area contributed by atoms with E-state index in [0.717, 1.165) is 63.8 Å². The van der Waals surface area contributed by atoms with Crippen LogP contribution in [0.4, 0.5) is 0 Å². The molecule has 28 heavy (non-hydrogen) atoms. The standard InChI is InChI=1S/C22H36N6/c1-5-23-22(25-14-10-16-28-20(3)17-19(2)26-28)24-13-9-15-27(4)18-21-11-7-6-8-12-21/h6-8,11-12,17H,5,9-10,13-16,18H2,1-4H3,(H2,23,24,25). The molecule has 2 N–H and O–H groups in total. The second-order valence-electron chi connectivity index (χ2n) is 7.27. The highest BCUT2D eigenvalue weighted by atomic mass is 15.3. The molecule has 0 unspecified atom stereocenters. The van der Waals surface area contributed by atoms with Gasteiger partial charge in [-0.05, 0) is 58.8 Å². The Bertz CT molecular complexity index is 707. The molecular weight excluding hydrogens is 348 g/mol. The minimum absolute atomic E-state index is 0.793. The summed E-state index contributed by atoms with van der Waals surface area (Å²) in [5.74, 6) is 0.904. The van der Waals surface area contributed by atoms with Gasteiger partial charge in [-0.1, -0.05) is 30.3 Å². The number of aryl methyl sites for hydroxylation is 3. The predicted molar refractivity (Wildman–Crippen MR) is 118 cm³/mol. The third kappa shape index (κ3) is 8.13. The van der Waals surface area contributed by atoms with E-state index in [4.69, 9.17) is 0 Å². The molecule has 0 aliphatic carbocycles. The Morgan fingerprint density at radius 3 is 2.61 bits per heavy atom. The minimum atomic E-state index is 0.793. The van der Waals surface area contributed by atoms with E-state index in [2.05, 4.69) is 87.6 Å². The summed E-state index contributed by atoms with van der Waals surface area (Å²) in [7, 11) is 2.17. The summed E-state index contributed by atoms with van der Waals surface area (Å²) in [4.78, 5) is 7.05. The summed E-state index contributed by atoms with van der Waals surface area (Å²) in [6.45, 7) is 11.8. The van der Waals surface area contributed by atoms with Crippen LogP contribution in [0.3, 0.4) is 0 Å². The van der Waals surface area contributed by atoms with Gasteiger partial charge in [0.15, 0.2) is 5.96 Å². The average Bonchev–Trinajstić information content (AvgIpc) is 3.00. The van der Waals surface area contributed by atoms with Crippen molar-refractivity contribution in [3.63, 3.8) is 0 Å². The lowest BCUT2D eigenvalue weighted by Crippen LogP contribution is -2.38. The molecule has 0 aliphatic rings. The van der Waals surface area contributed by atoms with Gasteiger partial charge in [-0.15, -0.1) is 0 Å². The first kappa shape index (κ1) is 22.0. The van der Waals surface area contributed by atoms with E-state index in [-0.39, 0.29) is 0 Å². The van der Waals surface area contributed by atoms with Crippen LogP contribution in [-0.4, -0.2) is 53.9 Å². The molecule has 0 amide bonds. The van der Waals surface area contributed by atoms with Crippen LogP contribution < -0.4 is 10.6 Å². The van der Waals surface area contributed by atoms with Gasteiger partial charge in [-0.2, -0.15) is 5.10 Å². The number of aromatic nitrogens is 2. The molecule has 2 aromatic rings. The summed E-state index contributed by atoms with van der Waals surface area (Å²) in [5.41, 5.74) is 3.65. The Hall–Kier alpha value is -2.34. The van der Waals surface area contributed by atoms with Crippen LogP contribution >= 0.6 is 0 Å². The molecule has 1 aromatic heterocycles. The Balaban J connectivity index is 1.65. The van der Waals surface area contributed by atoms with Gasteiger partial charge in [0.2, 0.25) is 0 Å². The fraction of sp³-hybridized carbons (Fsp3) is 0.545. The third-order valence-electron chi connectivity index (χ3n) is 4.55.